The van der Waals surface area contributed by atoms with Crippen molar-refractivity contribution in [3.05, 3.63) is 83.9 Å². The average molecular weight is 459 g/mol. The van der Waals surface area contributed by atoms with E-state index < -0.39 is 0 Å². The maximum atomic E-state index is 13.2. The van der Waals surface area contributed by atoms with Crippen LogP contribution in [0.3, 0.4) is 0 Å². The molecule has 0 fully saturated rings. The van der Waals surface area contributed by atoms with Crippen LogP contribution < -0.4 is 10.6 Å². The summed E-state index contributed by atoms with van der Waals surface area (Å²) in [4.78, 5) is 30.1. The first-order chi connectivity index (χ1) is 16.7. The van der Waals surface area contributed by atoms with Gasteiger partial charge in [-0.2, -0.15) is 0 Å². The van der Waals surface area contributed by atoms with Crippen molar-refractivity contribution in [1.82, 2.24) is 25.3 Å². The highest BCUT2D eigenvalue weighted by Crippen LogP contribution is 2.25. The van der Waals surface area contributed by atoms with Crippen molar-refractivity contribution < 1.29 is 14.3 Å². The number of amides is 2. The number of fused-ring (bicyclic) bond motifs is 1. The normalized spacial score (nSPS) is 10.9. The molecule has 9 nitrogen and oxygen atoms in total. The molecule has 0 spiro atoms. The van der Waals surface area contributed by atoms with Gasteiger partial charge in [0.2, 0.25) is 0 Å². The largest absolute Gasteiger partial charge is 0.382 e. The van der Waals surface area contributed by atoms with Gasteiger partial charge < -0.3 is 15.4 Å². The van der Waals surface area contributed by atoms with Crippen molar-refractivity contribution in [2.45, 2.75) is 19.9 Å². The lowest BCUT2D eigenvalue weighted by Gasteiger charge is -2.13. The van der Waals surface area contributed by atoms with Crippen LogP contribution in [0.25, 0.3) is 10.8 Å². The molecule has 4 aromatic rings. The van der Waals surface area contributed by atoms with Gasteiger partial charge in [0.15, 0.2) is 5.69 Å². The zero-order valence-corrected chi connectivity index (χ0v) is 18.9. The van der Waals surface area contributed by atoms with Crippen molar-refractivity contribution in [1.29, 1.82) is 0 Å². The minimum absolute atomic E-state index is 0.166. The van der Waals surface area contributed by atoms with Crippen molar-refractivity contribution in [3.8, 4) is 0 Å². The molecule has 0 radical (unpaired) electrons. The SMILES string of the molecule is CCOCCCNC(=O)c1ncccc1NC(=O)c1ccc(Cn2ccnn2)c2ccccc12. The maximum Gasteiger partial charge on any atom is 0.272 e. The fraction of sp³-hybridized carbons (Fsp3) is 0.240. The van der Waals surface area contributed by atoms with Gasteiger partial charge in [-0.05, 0) is 47.9 Å². The van der Waals surface area contributed by atoms with Gasteiger partial charge in [-0.15, -0.1) is 5.10 Å². The number of anilines is 1. The fourth-order valence-electron chi connectivity index (χ4n) is 3.67. The zero-order valence-electron chi connectivity index (χ0n) is 18.9. The van der Waals surface area contributed by atoms with Gasteiger partial charge in [-0.25, -0.2) is 9.67 Å². The summed E-state index contributed by atoms with van der Waals surface area (Å²) < 4.78 is 7.02. The molecule has 2 aromatic carbocycles. The van der Waals surface area contributed by atoms with E-state index in [-0.39, 0.29) is 17.5 Å². The summed E-state index contributed by atoms with van der Waals surface area (Å²) >= 11 is 0. The number of aromatic nitrogens is 4. The zero-order chi connectivity index (χ0) is 23.8. The van der Waals surface area contributed by atoms with Gasteiger partial charge in [0.05, 0.1) is 18.4 Å². The number of nitrogens with zero attached hydrogens (tertiary/aromatic N) is 4. The number of benzene rings is 2. The molecule has 2 amide bonds. The summed E-state index contributed by atoms with van der Waals surface area (Å²) in [6, 6.07) is 14.8. The Kier molecular flexibility index (Phi) is 7.56. The molecule has 0 saturated carbocycles. The van der Waals surface area contributed by atoms with E-state index in [4.69, 9.17) is 4.74 Å². The van der Waals surface area contributed by atoms with Crippen molar-refractivity contribution in [2.24, 2.45) is 0 Å². The quantitative estimate of drug-likeness (QED) is 0.353. The Balaban J connectivity index is 1.53. The molecule has 2 aromatic heterocycles. The second kappa shape index (κ2) is 11.2. The molecule has 0 aliphatic heterocycles. The Hall–Kier alpha value is -4.11. The molecule has 9 heteroatoms. The highest BCUT2D eigenvalue weighted by Gasteiger charge is 2.17. The monoisotopic (exact) mass is 458 g/mol. The Labute approximate surface area is 197 Å². The van der Waals surface area contributed by atoms with Gasteiger partial charge in [-0.1, -0.05) is 35.5 Å². The third-order valence-corrected chi connectivity index (χ3v) is 5.29. The first-order valence-electron chi connectivity index (χ1n) is 11.1. The lowest BCUT2D eigenvalue weighted by Crippen LogP contribution is -2.27. The topological polar surface area (TPSA) is 111 Å². The van der Waals surface area contributed by atoms with E-state index in [0.29, 0.717) is 44.0 Å². The standard InChI is InChI=1S/C25H26N6O3/c1-2-34-16-6-13-27-25(33)23-22(9-5-12-26-23)29-24(32)21-11-10-18(17-31-15-14-28-30-31)19-7-3-4-8-20(19)21/h3-5,7-12,14-15H,2,6,13,16-17H2,1H3,(H,27,33)(H,29,32). The minimum atomic E-state index is -0.347. The molecule has 0 atom stereocenters. The van der Waals surface area contributed by atoms with Gasteiger partial charge in [0, 0.05) is 37.7 Å². The van der Waals surface area contributed by atoms with Crippen LogP contribution in [0, 0.1) is 0 Å². The molecule has 0 unspecified atom stereocenters. The van der Waals surface area contributed by atoms with Crippen molar-refractivity contribution in [3.63, 3.8) is 0 Å². The summed E-state index contributed by atoms with van der Waals surface area (Å²) in [5.41, 5.74) is 2.04. The van der Waals surface area contributed by atoms with E-state index >= 15 is 0 Å². The second-order valence-electron chi connectivity index (χ2n) is 7.58. The lowest BCUT2D eigenvalue weighted by atomic mass is 9.99. The van der Waals surface area contributed by atoms with E-state index in [0.717, 1.165) is 16.3 Å². The predicted octanol–water partition coefficient (Wildman–Crippen LogP) is 3.28. The fourth-order valence-corrected chi connectivity index (χ4v) is 3.67. The molecular formula is C25H26N6O3. The number of ether oxygens (including phenoxy) is 1. The average Bonchev–Trinajstić information content (AvgIpc) is 3.37. The lowest BCUT2D eigenvalue weighted by molar-refractivity contribution is 0.0940. The van der Waals surface area contributed by atoms with Crippen LogP contribution >= 0.6 is 0 Å². The molecule has 174 valence electrons. The highest BCUT2D eigenvalue weighted by atomic mass is 16.5. The number of pyridine rings is 1. The van der Waals surface area contributed by atoms with E-state index in [9.17, 15) is 9.59 Å². The van der Waals surface area contributed by atoms with E-state index in [1.165, 1.54) is 6.20 Å². The Bertz CT molecular complexity index is 1270. The van der Waals surface area contributed by atoms with Crippen LogP contribution in [0.1, 0.15) is 39.8 Å². The highest BCUT2D eigenvalue weighted by molar-refractivity contribution is 6.15. The van der Waals surface area contributed by atoms with Crippen LogP contribution in [-0.2, 0) is 11.3 Å². The number of nitrogens with one attached hydrogen (secondary N) is 2. The Morgan fingerprint density at radius 3 is 2.65 bits per heavy atom. The number of rotatable bonds is 10. The summed E-state index contributed by atoms with van der Waals surface area (Å²) in [7, 11) is 0. The number of carbonyl (C=O) groups is 2. The van der Waals surface area contributed by atoms with E-state index in [1.807, 2.05) is 37.3 Å². The molecule has 34 heavy (non-hydrogen) atoms. The van der Waals surface area contributed by atoms with Crippen LogP contribution in [0.15, 0.2) is 67.1 Å². The van der Waals surface area contributed by atoms with Crippen molar-refractivity contribution in [2.75, 3.05) is 25.1 Å². The summed E-state index contributed by atoms with van der Waals surface area (Å²) in [5.74, 6) is -0.665. The van der Waals surface area contributed by atoms with Crippen LogP contribution in [0.5, 0.6) is 0 Å². The molecule has 0 aliphatic rings. The predicted molar refractivity (Wildman–Crippen MR) is 129 cm³/mol. The molecule has 0 saturated heterocycles. The summed E-state index contributed by atoms with van der Waals surface area (Å²) in [6.45, 7) is 4.14. The van der Waals surface area contributed by atoms with E-state index in [1.54, 1.807) is 35.3 Å². The Morgan fingerprint density at radius 2 is 1.85 bits per heavy atom. The number of hydrogen-bond donors (Lipinski definition) is 2. The third kappa shape index (κ3) is 5.44. The van der Waals surface area contributed by atoms with Gasteiger partial charge >= 0.3 is 0 Å². The van der Waals surface area contributed by atoms with Gasteiger partial charge in [-0.3, -0.25) is 9.59 Å². The number of hydrogen-bond acceptors (Lipinski definition) is 6. The first-order valence-corrected chi connectivity index (χ1v) is 11.1. The molecule has 0 aliphatic carbocycles. The second-order valence-corrected chi connectivity index (χ2v) is 7.58. The smallest absolute Gasteiger partial charge is 0.272 e. The van der Waals surface area contributed by atoms with Crippen molar-refractivity contribution >= 4 is 28.3 Å². The molecule has 2 heterocycles. The summed E-state index contributed by atoms with van der Waals surface area (Å²) in [5, 5.41) is 15.3. The van der Waals surface area contributed by atoms with Crippen LogP contribution in [0.4, 0.5) is 5.69 Å². The molecule has 4 rings (SSSR count). The van der Waals surface area contributed by atoms with Crippen LogP contribution in [-0.4, -0.2) is 51.6 Å². The minimum Gasteiger partial charge on any atom is -0.382 e. The van der Waals surface area contributed by atoms with E-state index in [2.05, 4.69) is 25.9 Å². The summed E-state index contributed by atoms with van der Waals surface area (Å²) in [6.07, 6.45) is 5.64. The molecule has 2 N–H and O–H groups in total. The van der Waals surface area contributed by atoms with Gasteiger partial charge in [0.1, 0.15) is 0 Å². The molecular weight excluding hydrogens is 432 g/mol. The van der Waals surface area contributed by atoms with Gasteiger partial charge in [0.25, 0.3) is 11.8 Å². The Morgan fingerprint density at radius 1 is 1.00 bits per heavy atom. The molecule has 0 bridgehead atoms. The maximum absolute atomic E-state index is 13.2. The van der Waals surface area contributed by atoms with Crippen LogP contribution in [0.2, 0.25) is 0 Å². The third-order valence-electron chi connectivity index (χ3n) is 5.29. The number of carbonyl (C=O) groups excluding carboxylic acids is 2. The first kappa shape index (κ1) is 23.1.